The Hall–Kier alpha value is -2.87. The van der Waals surface area contributed by atoms with E-state index >= 15 is 0 Å². The molecule has 0 atom stereocenters. The van der Waals surface area contributed by atoms with Gasteiger partial charge in [-0.2, -0.15) is 0 Å². The Morgan fingerprint density at radius 1 is 1.19 bits per heavy atom. The molecule has 2 heterocycles. The van der Waals surface area contributed by atoms with E-state index in [1.165, 1.54) is 0 Å². The van der Waals surface area contributed by atoms with Crippen molar-refractivity contribution in [3.63, 3.8) is 0 Å². The first-order valence-electron chi connectivity index (χ1n) is 8.92. The average Bonchev–Trinajstić information content (AvgIpc) is 3.10. The number of anilines is 1. The van der Waals surface area contributed by atoms with Crippen LogP contribution in [0, 0.1) is 6.92 Å². The van der Waals surface area contributed by atoms with Gasteiger partial charge in [-0.1, -0.05) is 6.07 Å². The molecule has 3 rings (SSSR count). The van der Waals surface area contributed by atoms with Crippen LogP contribution in [0.5, 0.6) is 11.5 Å². The first kappa shape index (κ1) is 18.9. The molecule has 1 amide bonds. The predicted octanol–water partition coefficient (Wildman–Crippen LogP) is 1.81. The molecule has 1 aromatic heterocycles. The standard InChI is InChI=1S/C19H25N5O3/c1-13-22-15(19(25)20-7-4-8-24(2)3)10-18(23-13)21-11-14-5-6-16-17(9-14)27-12-26-16/h5-6,9-10H,4,7-8,11-12H2,1-3H3,(H,20,25)(H,21,22,23). The Bertz CT molecular complexity index is 810. The summed E-state index contributed by atoms with van der Waals surface area (Å²) in [6.45, 7) is 4.11. The van der Waals surface area contributed by atoms with Gasteiger partial charge in [-0.15, -0.1) is 0 Å². The lowest BCUT2D eigenvalue weighted by atomic mass is 10.2. The number of amides is 1. The number of ether oxygens (including phenoxy) is 2. The van der Waals surface area contributed by atoms with Crippen molar-refractivity contribution in [3.05, 3.63) is 41.3 Å². The fourth-order valence-corrected chi connectivity index (χ4v) is 2.71. The maximum absolute atomic E-state index is 12.3. The van der Waals surface area contributed by atoms with E-state index in [2.05, 4.69) is 25.5 Å². The molecular formula is C19H25N5O3. The zero-order valence-electron chi connectivity index (χ0n) is 15.9. The Morgan fingerprint density at radius 2 is 2.00 bits per heavy atom. The zero-order valence-corrected chi connectivity index (χ0v) is 15.9. The van der Waals surface area contributed by atoms with E-state index in [0.717, 1.165) is 30.0 Å². The fraction of sp³-hybridized carbons (Fsp3) is 0.421. The summed E-state index contributed by atoms with van der Waals surface area (Å²) in [6, 6.07) is 7.45. The normalized spacial score (nSPS) is 12.3. The highest BCUT2D eigenvalue weighted by atomic mass is 16.7. The zero-order chi connectivity index (χ0) is 19.2. The monoisotopic (exact) mass is 371 g/mol. The summed E-state index contributed by atoms with van der Waals surface area (Å²) >= 11 is 0. The van der Waals surface area contributed by atoms with Crippen LogP contribution in [0.15, 0.2) is 24.3 Å². The summed E-state index contributed by atoms with van der Waals surface area (Å²) in [7, 11) is 4.02. The number of aromatic nitrogens is 2. The molecule has 1 aromatic carbocycles. The third kappa shape index (κ3) is 5.30. The van der Waals surface area contributed by atoms with Crippen LogP contribution in [0.3, 0.4) is 0 Å². The number of nitrogens with zero attached hydrogens (tertiary/aromatic N) is 3. The number of aryl methyl sites for hydroxylation is 1. The van der Waals surface area contributed by atoms with E-state index in [1.54, 1.807) is 13.0 Å². The number of carbonyl (C=O) groups is 1. The van der Waals surface area contributed by atoms with E-state index in [-0.39, 0.29) is 12.7 Å². The number of hydrogen-bond acceptors (Lipinski definition) is 7. The second kappa shape index (κ2) is 8.68. The van der Waals surface area contributed by atoms with Gasteiger partial charge in [0, 0.05) is 19.2 Å². The van der Waals surface area contributed by atoms with Crippen molar-refractivity contribution in [1.29, 1.82) is 0 Å². The molecular weight excluding hydrogens is 346 g/mol. The fourth-order valence-electron chi connectivity index (χ4n) is 2.71. The van der Waals surface area contributed by atoms with Crippen LogP contribution in [0.1, 0.15) is 28.3 Å². The van der Waals surface area contributed by atoms with Crippen molar-refractivity contribution in [3.8, 4) is 11.5 Å². The Balaban J connectivity index is 1.58. The lowest BCUT2D eigenvalue weighted by Gasteiger charge is -2.11. The summed E-state index contributed by atoms with van der Waals surface area (Å²) < 4.78 is 10.7. The van der Waals surface area contributed by atoms with Gasteiger partial charge >= 0.3 is 0 Å². The Kier molecular flexibility index (Phi) is 6.08. The lowest BCUT2D eigenvalue weighted by Crippen LogP contribution is -2.28. The first-order valence-corrected chi connectivity index (χ1v) is 8.92. The largest absolute Gasteiger partial charge is 0.454 e. The molecule has 8 nitrogen and oxygen atoms in total. The number of nitrogens with one attached hydrogen (secondary N) is 2. The van der Waals surface area contributed by atoms with E-state index in [0.29, 0.717) is 30.4 Å². The van der Waals surface area contributed by atoms with Crippen LogP contribution >= 0.6 is 0 Å². The summed E-state index contributed by atoms with van der Waals surface area (Å²) in [5.41, 5.74) is 1.39. The minimum Gasteiger partial charge on any atom is -0.454 e. The molecule has 0 saturated carbocycles. The SMILES string of the molecule is Cc1nc(NCc2ccc3c(c2)OCO3)cc(C(=O)NCCCN(C)C)n1. The number of rotatable bonds is 8. The predicted molar refractivity (Wildman–Crippen MR) is 102 cm³/mol. The molecule has 0 bridgehead atoms. The highest BCUT2D eigenvalue weighted by molar-refractivity contribution is 5.92. The molecule has 27 heavy (non-hydrogen) atoms. The van der Waals surface area contributed by atoms with Crippen molar-refractivity contribution < 1.29 is 14.3 Å². The summed E-state index contributed by atoms with van der Waals surface area (Å²) in [6.07, 6.45) is 0.887. The maximum Gasteiger partial charge on any atom is 0.270 e. The smallest absolute Gasteiger partial charge is 0.270 e. The van der Waals surface area contributed by atoms with Crippen LogP contribution in [0.2, 0.25) is 0 Å². The molecule has 0 aliphatic carbocycles. The topological polar surface area (TPSA) is 88.6 Å². The van der Waals surface area contributed by atoms with Gasteiger partial charge in [0.1, 0.15) is 17.3 Å². The van der Waals surface area contributed by atoms with Crippen molar-refractivity contribution in [1.82, 2.24) is 20.2 Å². The van der Waals surface area contributed by atoms with Gasteiger partial charge in [-0.3, -0.25) is 4.79 Å². The van der Waals surface area contributed by atoms with Crippen LogP contribution in [-0.2, 0) is 6.54 Å². The molecule has 0 radical (unpaired) electrons. The highest BCUT2D eigenvalue weighted by Crippen LogP contribution is 2.32. The van der Waals surface area contributed by atoms with E-state index in [1.807, 2.05) is 32.3 Å². The molecule has 0 spiro atoms. The second-order valence-corrected chi connectivity index (χ2v) is 6.64. The van der Waals surface area contributed by atoms with Gasteiger partial charge in [0.15, 0.2) is 11.5 Å². The lowest BCUT2D eigenvalue weighted by molar-refractivity contribution is 0.0947. The number of carbonyl (C=O) groups excluding carboxylic acids is 1. The van der Waals surface area contributed by atoms with Gasteiger partial charge in [0.05, 0.1) is 0 Å². The molecule has 1 aliphatic heterocycles. The van der Waals surface area contributed by atoms with Gasteiger partial charge in [-0.05, 0) is 51.7 Å². The average molecular weight is 371 g/mol. The van der Waals surface area contributed by atoms with Crippen molar-refractivity contribution in [2.24, 2.45) is 0 Å². The number of benzene rings is 1. The maximum atomic E-state index is 12.3. The molecule has 0 unspecified atom stereocenters. The van der Waals surface area contributed by atoms with Crippen LogP contribution in [0.25, 0.3) is 0 Å². The van der Waals surface area contributed by atoms with Crippen molar-refractivity contribution >= 4 is 11.7 Å². The molecule has 1 aliphatic rings. The highest BCUT2D eigenvalue weighted by Gasteiger charge is 2.14. The first-order chi connectivity index (χ1) is 13.0. The van der Waals surface area contributed by atoms with Gasteiger partial charge in [0.2, 0.25) is 6.79 Å². The van der Waals surface area contributed by atoms with Gasteiger partial charge in [-0.25, -0.2) is 9.97 Å². The number of hydrogen-bond donors (Lipinski definition) is 2. The van der Waals surface area contributed by atoms with E-state index in [9.17, 15) is 4.79 Å². The quantitative estimate of drug-likeness (QED) is 0.684. The summed E-state index contributed by atoms with van der Waals surface area (Å²) in [5, 5.41) is 6.13. The molecule has 2 aromatic rings. The van der Waals surface area contributed by atoms with Crippen molar-refractivity contribution in [2.45, 2.75) is 19.9 Å². The van der Waals surface area contributed by atoms with Gasteiger partial charge < -0.3 is 25.0 Å². The third-order valence-corrected chi connectivity index (χ3v) is 4.05. The number of fused-ring (bicyclic) bond motifs is 1. The minimum atomic E-state index is -0.189. The van der Waals surface area contributed by atoms with Crippen LogP contribution in [0.4, 0.5) is 5.82 Å². The second-order valence-electron chi connectivity index (χ2n) is 6.64. The summed E-state index contributed by atoms with van der Waals surface area (Å²) in [5.74, 6) is 2.46. The van der Waals surface area contributed by atoms with E-state index in [4.69, 9.17) is 9.47 Å². The Morgan fingerprint density at radius 3 is 2.81 bits per heavy atom. The minimum absolute atomic E-state index is 0.189. The van der Waals surface area contributed by atoms with Crippen LogP contribution < -0.4 is 20.1 Å². The molecule has 2 N–H and O–H groups in total. The molecule has 144 valence electrons. The van der Waals surface area contributed by atoms with E-state index < -0.39 is 0 Å². The molecule has 0 fully saturated rings. The molecule has 0 saturated heterocycles. The van der Waals surface area contributed by atoms with Crippen molar-refractivity contribution in [2.75, 3.05) is 39.3 Å². The van der Waals surface area contributed by atoms with Gasteiger partial charge in [0.25, 0.3) is 5.91 Å². The molecule has 8 heteroatoms. The summed E-state index contributed by atoms with van der Waals surface area (Å²) in [4.78, 5) is 23.0. The van der Waals surface area contributed by atoms with Crippen LogP contribution in [-0.4, -0.2) is 54.8 Å². The Labute approximate surface area is 158 Å². The third-order valence-electron chi connectivity index (χ3n) is 4.05.